The summed E-state index contributed by atoms with van der Waals surface area (Å²) in [5.41, 5.74) is 0. The molecule has 0 aromatic carbocycles. The largest absolute Gasteiger partial charge is 0.481 e. The van der Waals surface area contributed by atoms with E-state index in [1.807, 2.05) is 27.7 Å². The van der Waals surface area contributed by atoms with Crippen molar-refractivity contribution in [3.05, 3.63) is 0 Å². The summed E-state index contributed by atoms with van der Waals surface area (Å²) in [7, 11) is 0. The summed E-state index contributed by atoms with van der Waals surface area (Å²) in [6.07, 6.45) is 23.6. The van der Waals surface area contributed by atoms with E-state index in [1.54, 1.807) is 11.8 Å². The second-order valence-corrected chi connectivity index (χ2v) is 13.4. The maximum Gasteiger partial charge on any atom is 0.306 e. The highest BCUT2D eigenvalue weighted by molar-refractivity contribution is 7.99. The zero-order chi connectivity index (χ0) is 34.6. The van der Waals surface area contributed by atoms with Crippen molar-refractivity contribution >= 4 is 35.6 Å². The van der Waals surface area contributed by atoms with Gasteiger partial charge in [0.15, 0.2) is 0 Å². The Labute approximate surface area is 280 Å². The predicted molar refractivity (Wildman–Crippen MR) is 188 cm³/mol. The molecule has 0 aliphatic heterocycles. The third-order valence-electron chi connectivity index (χ3n) is 6.62. The first-order valence-corrected chi connectivity index (χ1v) is 19.0. The Bertz CT molecular complexity index is 626. The quantitative estimate of drug-likeness (QED) is 0.0621. The first kappa shape index (κ1) is 47.6. The van der Waals surface area contributed by atoms with Crippen molar-refractivity contribution in [2.45, 2.75) is 195 Å². The molecule has 0 unspecified atom stereocenters. The Morgan fingerprint density at radius 1 is 0.467 bits per heavy atom. The zero-order valence-corrected chi connectivity index (χ0v) is 30.7. The fourth-order valence-corrected chi connectivity index (χ4v) is 5.06. The van der Waals surface area contributed by atoms with Crippen molar-refractivity contribution in [3.63, 3.8) is 0 Å². The summed E-state index contributed by atoms with van der Waals surface area (Å²) < 4.78 is 9.97. The summed E-state index contributed by atoms with van der Waals surface area (Å²) in [4.78, 5) is 42.8. The van der Waals surface area contributed by atoms with Crippen molar-refractivity contribution in [1.29, 1.82) is 0 Å². The van der Waals surface area contributed by atoms with Gasteiger partial charge < -0.3 is 19.7 Å². The molecule has 268 valence electrons. The molecule has 0 aliphatic rings. The first-order valence-electron chi connectivity index (χ1n) is 17.9. The van der Waals surface area contributed by atoms with Crippen molar-refractivity contribution < 1.29 is 38.9 Å². The van der Waals surface area contributed by atoms with Crippen LogP contribution in [-0.2, 0) is 28.7 Å². The SMILES string of the molecule is CC(C)OC(=O)CCSCCC(=O)OC(C)C.CCCCCCCCCCCC(=O)O.CCCCCCCCCCCC(=O)O. The molecule has 0 atom stereocenters. The van der Waals surface area contributed by atoms with Crippen LogP contribution >= 0.6 is 11.8 Å². The Balaban J connectivity index is -0.000000592. The standard InChI is InChI=1S/C12H22O4S.2C12H24O2/c1-9(2)15-11(13)5-7-17-8-6-12(14)16-10(3)4;2*1-2-3-4-5-6-7-8-9-10-11-12(13)14/h9-10H,5-8H2,1-4H3;2*2-11H2,1H3,(H,13,14). The van der Waals surface area contributed by atoms with Crippen LogP contribution in [-0.4, -0.2) is 57.8 Å². The number of carboxylic acid groups (broad SMARTS) is 2. The van der Waals surface area contributed by atoms with Gasteiger partial charge in [-0.1, -0.05) is 117 Å². The molecular weight excluding hydrogens is 592 g/mol. The summed E-state index contributed by atoms with van der Waals surface area (Å²) in [6, 6.07) is 0. The molecular formula is C36H70O8S. The van der Waals surface area contributed by atoms with Crippen LogP contribution in [0.25, 0.3) is 0 Å². The number of ether oxygens (including phenoxy) is 2. The van der Waals surface area contributed by atoms with E-state index in [1.165, 1.54) is 89.9 Å². The number of rotatable bonds is 28. The number of carbonyl (C=O) groups is 4. The molecule has 0 aliphatic carbocycles. The van der Waals surface area contributed by atoms with E-state index < -0.39 is 11.9 Å². The number of esters is 2. The number of carboxylic acids is 2. The average molecular weight is 663 g/mol. The molecule has 0 aromatic heterocycles. The van der Waals surface area contributed by atoms with Gasteiger partial charge in [0.2, 0.25) is 0 Å². The topological polar surface area (TPSA) is 127 Å². The van der Waals surface area contributed by atoms with E-state index in [-0.39, 0.29) is 24.1 Å². The molecule has 45 heavy (non-hydrogen) atoms. The van der Waals surface area contributed by atoms with Gasteiger partial charge in [0.1, 0.15) is 0 Å². The van der Waals surface area contributed by atoms with E-state index in [0.29, 0.717) is 37.2 Å². The molecule has 0 radical (unpaired) electrons. The van der Waals surface area contributed by atoms with Crippen molar-refractivity contribution in [3.8, 4) is 0 Å². The summed E-state index contributed by atoms with van der Waals surface area (Å²) in [5, 5.41) is 16.8. The summed E-state index contributed by atoms with van der Waals surface area (Å²) in [6.45, 7) is 11.8. The van der Waals surface area contributed by atoms with Gasteiger partial charge in [0.25, 0.3) is 0 Å². The van der Waals surface area contributed by atoms with Crippen molar-refractivity contribution in [2.75, 3.05) is 11.5 Å². The number of unbranched alkanes of at least 4 members (excludes halogenated alkanes) is 16. The Hall–Kier alpha value is -1.77. The number of hydrogen-bond acceptors (Lipinski definition) is 7. The van der Waals surface area contributed by atoms with Crippen LogP contribution in [0.4, 0.5) is 0 Å². The molecule has 0 spiro atoms. The molecule has 0 bridgehead atoms. The number of aliphatic carboxylic acids is 2. The van der Waals surface area contributed by atoms with Crippen LogP contribution in [0.2, 0.25) is 0 Å². The normalized spacial score (nSPS) is 10.5. The minimum Gasteiger partial charge on any atom is -0.481 e. The molecule has 0 saturated heterocycles. The maximum atomic E-state index is 11.2. The number of carbonyl (C=O) groups excluding carboxylic acids is 2. The van der Waals surface area contributed by atoms with E-state index >= 15 is 0 Å². The molecule has 0 saturated carbocycles. The molecule has 0 rings (SSSR count). The minimum atomic E-state index is -0.659. The van der Waals surface area contributed by atoms with E-state index in [4.69, 9.17) is 19.7 Å². The number of thioether (sulfide) groups is 1. The Kier molecular flexibility index (Phi) is 40.7. The van der Waals surface area contributed by atoms with Crippen LogP contribution in [0.3, 0.4) is 0 Å². The van der Waals surface area contributed by atoms with E-state index in [9.17, 15) is 19.2 Å². The summed E-state index contributed by atoms with van der Waals surface area (Å²) in [5.74, 6) is -0.323. The van der Waals surface area contributed by atoms with Crippen molar-refractivity contribution in [2.24, 2.45) is 0 Å². The van der Waals surface area contributed by atoms with Gasteiger partial charge in [-0.05, 0) is 40.5 Å². The highest BCUT2D eigenvalue weighted by Gasteiger charge is 2.07. The number of hydrogen-bond donors (Lipinski definition) is 2. The van der Waals surface area contributed by atoms with Gasteiger partial charge in [-0.3, -0.25) is 19.2 Å². The van der Waals surface area contributed by atoms with Crippen LogP contribution < -0.4 is 0 Å². The van der Waals surface area contributed by atoms with E-state index in [0.717, 1.165) is 25.7 Å². The molecule has 0 heterocycles. The molecule has 0 fully saturated rings. The molecule has 9 heteroatoms. The molecule has 2 N–H and O–H groups in total. The van der Waals surface area contributed by atoms with Gasteiger partial charge >= 0.3 is 23.9 Å². The second-order valence-electron chi connectivity index (χ2n) is 12.1. The van der Waals surface area contributed by atoms with Gasteiger partial charge in [0.05, 0.1) is 25.0 Å². The monoisotopic (exact) mass is 662 g/mol. The van der Waals surface area contributed by atoms with Crippen LogP contribution in [0, 0.1) is 0 Å². The lowest BCUT2D eigenvalue weighted by Gasteiger charge is -2.08. The lowest BCUT2D eigenvalue weighted by molar-refractivity contribution is -0.147. The van der Waals surface area contributed by atoms with Gasteiger partial charge in [-0.25, -0.2) is 0 Å². The van der Waals surface area contributed by atoms with Crippen LogP contribution in [0.15, 0.2) is 0 Å². The summed E-state index contributed by atoms with van der Waals surface area (Å²) >= 11 is 1.56. The smallest absolute Gasteiger partial charge is 0.306 e. The van der Waals surface area contributed by atoms with Crippen LogP contribution in [0.1, 0.15) is 183 Å². The highest BCUT2D eigenvalue weighted by Crippen LogP contribution is 2.11. The van der Waals surface area contributed by atoms with E-state index in [2.05, 4.69) is 13.8 Å². The maximum absolute atomic E-state index is 11.2. The third kappa shape index (κ3) is 52.1. The average Bonchev–Trinajstić information content (AvgIpc) is 2.95. The fraction of sp³-hybridized carbons (Fsp3) is 0.889. The van der Waals surface area contributed by atoms with Gasteiger partial charge in [-0.15, -0.1) is 0 Å². The third-order valence-corrected chi connectivity index (χ3v) is 7.61. The Morgan fingerprint density at radius 2 is 0.733 bits per heavy atom. The zero-order valence-electron chi connectivity index (χ0n) is 29.9. The lowest BCUT2D eigenvalue weighted by Crippen LogP contribution is -2.13. The predicted octanol–water partition coefficient (Wildman–Crippen LogP) is 10.4. The first-order chi connectivity index (χ1) is 21.5. The van der Waals surface area contributed by atoms with Gasteiger partial charge in [0, 0.05) is 24.3 Å². The van der Waals surface area contributed by atoms with Crippen molar-refractivity contribution in [1.82, 2.24) is 0 Å². The molecule has 0 aromatic rings. The molecule has 0 amide bonds. The lowest BCUT2D eigenvalue weighted by atomic mass is 10.1. The Morgan fingerprint density at radius 3 is 0.978 bits per heavy atom. The fourth-order valence-electron chi connectivity index (χ4n) is 4.23. The second kappa shape index (κ2) is 38.4. The molecule has 8 nitrogen and oxygen atoms in total. The highest BCUT2D eigenvalue weighted by atomic mass is 32.2. The van der Waals surface area contributed by atoms with Crippen LogP contribution in [0.5, 0.6) is 0 Å². The van der Waals surface area contributed by atoms with Gasteiger partial charge in [-0.2, -0.15) is 11.8 Å². The minimum absolute atomic E-state index is 0.0616.